The van der Waals surface area contributed by atoms with Gasteiger partial charge in [0.25, 0.3) is 0 Å². The molecule has 4 aromatic rings. The maximum absolute atomic E-state index is 13.1. The fourth-order valence-electron chi connectivity index (χ4n) is 4.35. The first-order valence-corrected chi connectivity index (χ1v) is 9.23. The van der Waals surface area contributed by atoms with Gasteiger partial charge >= 0.3 is 0 Å². The summed E-state index contributed by atoms with van der Waals surface area (Å²) in [6.45, 7) is 0. The molecule has 0 unspecified atom stereocenters. The first-order valence-electron chi connectivity index (χ1n) is 9.23. The van der Waals surface area contributed by atoms with Gasteiger partial charge in [-0.05, 0) is 23.3 Å². The Kier molecular flexibility index (Phi) is 3.03. The number of carbonyl (C=O) groups is 1. The third-order valence-corrected chi connectivity index (χ3v) is 5.51. The molecule has 28 heavy (non-hydrogen) atoms. The zero-order chi connectivity index (χ0) is 18.7. The van der Waals surface area contributed by atoms with Gasteiger partial charge in [0.2, 0.25) is 0 Å². The number of carbonyl (C=O) groups excluding carboxylic acids is 1. The highest BCUT2D eigenvalue weighted by Crippen LogP contribution is 2.49. The molecule has 130 valence electrons. The summed E-state index contributed by atoms with van der Waals surface area (Å²) < 4.78 is 0. The molecule has 0 amide bonds. The number of benzene rings is 2. The molecule has 2 aliphatic rings. The summed E-state index contributed by atoms with van der Waals surface area (Å²) in [7, 11) is 0. The van der Waals surface area contributed by atoms with Gasteiger partial charge < -0.3 is 0 Å². The molecule has 3 nitrogen and oxygen atoms in total. The Balaban J connectivity index is 1.83. The van der Waals surface area contributed by atoms with Crippen molar-refractivity contribution in [3.05, 3.63) is 119 Å². The molecule has 0 fully saturated rings. The Labute approximate surface area is 162 Å². The minimum Gasteiger partial charge on any atom is -0.289 e. The lowest BCUT2D eigenvalue weighted by molar-refractivity contribution is 0.103. The van der Waals surface area contributed by atoms with Crippen LogP contribution in [0.5, 0.6) is 0 Å². The van der Waals surface area contributed by atoms with Crippen molar-refractivity contribution in [3.8, 4) is 11.1 Å². The summed E-state index contributed by atoms with van der Waals surface area (Å²) >= 11 is 0. The van der Waals surface area contributed by atoms with Gasteiger partial charge in [-0.3, -0.25) is 14.8 Å². The molecule has 0 saturated heterocycles. The van der Waals surface area contributed by atoms with E-state index in [-0.39, 0.29) is 5.78 Å². The molecule has 0 N–H and O–H groups in total. The molecule has 0 bridgehead atoms. The number of aromatic nitrogens is 2. The first-order chi connectivity index (χ1) is 13.8. The van der Waals surface area contributed by atoms with E-state index in [1.165, 1.54) is 0 Å². The van der Waals surface area contributed by atoms with Crippen molar-refractivity contribution in [1.29, 1.82) is 0 Å². The van der Waals surface area contributed by atoms with Gasteiger partial charge in [-0.25, -0.2) is 0 Å². The number of hydrogen-bond donors (Lipinski definition) is 0. The predicted molar refractivity (Wildman–Crippen MR) is 109 cm³/mol. The quantitative estimate of drug-likeness (QED) is 0.383. The van der Waals surface area contributed by atoms with Crippen LogP contribution in [-0.4, -0.2) is 15.8 Å². The SMILES string of the molecule is O=C1c2ccccc2C(=C2c3ncccc3-c3cccnc32)c2ccccc21. The van der Waals surface area contributed by atoms with Gasteiger partial charge in [-0.2, -0.15) is 0 Å². The second kappa shape index (κ2) is 5.57. The van der Waals surface area contributed by atoms with Gasteiger partial charge in [0, 0.05) is 45.8 Å². The highest BCUT2D eigenvalue weighted by atomic mass is 16.1. The molecule has 0 saturated carbocycles. The van der Waals surface area contributed by atoms with Crippen LogP contribution in [0.25, 0.3) is 22.3 Å². The van der Waals surface area contributed by atoms with Crippen molar-refractivity contribution < 1.29 is 4.79 Å². The number of nitrogens with zero attached hydrogens (tertiary/aromatic N) is 2. The van der Waals surface area contributed by atoms with E-state index in [1.807, 2.05) is 73.1 Å². The Bertz CT molecular complexity index is 1230. The van der Waals surface area contributed by atoms with Crippen LogP contribution in [0.4, 0.5) is 0 Å². The highest BCUT2D eigenvalue weighted by molar-refractivity contribution is 6.24. The molecule has 0 radical (unpaired) electrons. The average molecular weight is 358 g/mol. The van der Waals surface area contributed by atoms with Crippen LogP contribution >= 0.6 is 0 Å². The normalized spacial score (nSPS) is 13.6. The second-order valence-corrected chi connectivity index (χ2v) is 6.97. The third kappa shape index (κ3) is 1.90. The summed E-state index contributed by atoms with van der Waals surface area (Å²) in [6.07, 6.45) is 3.63. The number of rotatable bonds is 0. The van der Waals surface area contributed by atoms with E-state index in [2.05, 4.69) is 12.1 Å². The number of hydrogen-bond acceptors (Lipinski definition) is 3. The summed E-state index contributed by atoms with van der Waals surface area (Å²) in [6, 6.07) is 23.7. The lowest BCUT2D eigenvalue weighted by Crippen LogP contribution is -2.15. The maximum Gasteiger partial charge on any atom is 0.194 e. The Morgan fingerprint density at radius 3 is 1.39 bits per heavy atom. The van der Waals surface area contributed by atoms with Crippen LogP contribution in [0.15, 0.2) is 85.2 Å². The smallest absolute Gasteiger partial charge is 0.194 e. The van der Waals surface area contributed by atoms with Gasteiger partial charge in [0.15, 0.2) is 5.78 Å². The molecule has 0 spiro atoms. The zero-order valence-electron chi connectivity index (χ0n) is 14.9. The lowest BCUT2D eigenvalue weighted by Gasteiger charge is -2.23. The van der Waals surface area contributed by atoms with Crippen molar-refractivity contribution in [3.63, 3.8) is 0 Å². The topological polar surface area (TPSA) is 42.9 Å². The number of fused-ring (bicyclic) bond motifs is 5. The number of pyridine rings is 2. The van der Waals surface area contributed by atoms with Crippen molar-refractivity contribution in [2.75, 3.05) is 0 Å². The van der Waals surface area contributed by atoms with Crippen molar-refractivity contribution >= 4 is 16.9 Å². The van der Waals surface area contributed by atoms with E-state index >= 15 is 0 Å². The molecule has 0 atom stereocenters. The van der Waals surface area contributed by atoms with Crippen LogP contribution in [0.2, 0.25) is 0 Å². The van der Waals surface area contributed by atoms with E-state index in [0.29, 0.717) is 0 Å². The van der Waals surface area contributed by atoms with E-state index < -0.39 is 0 Å². The van der Waals surface area contributed by atoms with E-state index in [4.69, 9.17) is 9.97 Å². The molecule has 2 heterocycles. The van der Waals surface area contributed by atoms with Crippen molar-refractivity contribution in [2.45, 2.75) is 0 Å². The third-order valence-electron chi connectivity index (χ3n) is 5.51. The Hall–Kier alpha value is -3.85. The fourth-order valence-corrected chi connectivity index (χ4v) is 4.35. The van der Waals surface area contributed by atoms with Crippen LogP contribution in [0.3, 0.4) is 0 Å². The van der Waals surface area contributed by atoms with Gasteiger partial charge in [-0.15, -0.1) is 0 Å². The Morgan fingerprint density at radius 1 is 0.464 bits per heavy atom. The van der Waals surface area contributed by atoms with Gasteiger partial charge in [-0.1, -0.05) is 60.7 Å². The zero-order valence-corrected chi connectivity index (χ0v) is 14.9. The van der Waals surface area contributed by atoms with E-state index in [1.54, 1.807) is 0 Å². The standard InChI is InChI=1S/C25H14N2O/c28-25-19-9-3-1-7-15(19)21(16-8-2-4-10-20(16)25)22-23-17(11-5-13-26-23)18-12-6-14-27-24(18)22/h1-14H. The molecule has 2 aromatic heterocycles. The van der Waals surface area contributed by atoms with Crippen molar-refractivity contribution in [1.82, 2.24) is 9.97 Å². The van der Waals surface area contributed by atoms with Crippen LogP contribution in [-0.2, 0) is 0 Å². The summed E-state index contributed by atoms with van der Waals surface area (Å²) in [5.41, 5.74) is 9.38. The first kappa shape index (κ1) is 15.2. The van der Waals surface area contributed by atoms with Gasteiger partial charge in [0.1, 0.15) is 0 Å². The molecular formula is C25H14N2O. The van der Waals surface area contributed by atoms with Crippen LogP contribution in [0, 0.1) is 0 Å². The lowest BCUT2D eigenvalue weighted by atomic mass is 9.78. The Morgan fingerprint density at radius 2 is 0.893 bits per heavy atom. The minimum absolute atomic E-state index is 0.0658. The summed E-state index contributed by atoms with van der Waals surface area (Å²) in [5, 5.41) is 0. The fraction of sp³-hybridized carbons (Fsp3) is 0. The monoisotopic (exact) mass is 358 g/mol. The minimum atomic E-state index is 0.0658. The van der Waals surface area contributed by atoms with E-state index in [0.717, 1.165) is 55.9 Å². The van der Waals surface area contributed by atoms with Gasteiger partial charge in [0.05, 0.1) is 11.4 Å². The number of ketones is 1. The van der Waals surface area contributed by atoms with Crippen molar-refractivity contribution in [2.24, 2.45) is 0 Å². The molecule has 2 aliphatic carbocycles. The summed E-state index contributed by atoms with van der Waals surface area (Å²) in [5.74, 6) is 0.0658. The molecule has 6 rings (SSSR count). The summed E-state index contributed by atoms with van der Waals surface area (Å²) in [4.78, 5) is 22.5. The largest absolute Gasteiger partial charge is 0.289 e. The van der Waals surface area contributed by atoms with Crippen LogP contribution in [0.1, 0.15) is 38.4 Å². The molecule has 2 aromatic carbocycles. The second-order valence-electron chi connectivity index (χ2n) is 6.97. The molecule has 3 heteroatoms. The maximum atomic E-state index is 13.1. The van der Waals surface area contributed by atoms with E-state index in [9.17, 15) is 4.79 Å². The molecule has 0 aliphatic heterocycles. The highest BCUT2D eigenvalue weighted by Gasteiger charge is 2.34. The predicted octanol–water partition coefficient (Wildman–Crippen LogP) is 5.01. The molecular weight excluding hydrogens is 344 g/mol. The average Bonchev–Trinajstić information content (AvgIpc) is 3.09. The van der Waals surface area contributed by atoms with Crippen LogP contribution < -0.4 is 0 Å².